The normalized spacial score (nSPS) is 20.7. The summed E-state index contributed by atoms with van der Waals surface area (Å²) in [4.78, 5) is -0.436. The van der Waals surface area contributed by atoms with Crippen LogP contribution in [-0.2, 0) is 10.0 Å². The lowest BCUT2D eigenvalue weighted by Gasteiger charge is -2.27. The molecular weight excluding hydrogens is 436 g/mol. The number of aryl methyl sites for hydroxylation is 2. The topological polar surface area (TPSA) is 66.8 Å². The molecule has 0 radical (unpaired) electrons. The summed E-state index contributed by atoms with van der Waals surface area (Å²) in [6.07, 6.45) is 0.854. The van der Waals surface area contributed by atoms with E-state index >= 15 is 0 Å². The first-order valence-corrected chi connectivity index (χ1v) is 11.4. The third-order valence-electron chi connectivity index (χ3n) is 5.27. The lowest BCUT2D eigenvalue weighted by Crippen LogP contribution is -2.38. The smallest absolute Gasteiger partial charge is 0.243 e. The first-order valence-electron chi connectivity index (χ1n) is 9.58. The zero-order chi connectivity index (χ0) is 22.1. The van der Waals surface area contributed by atoms with Crippen LogP contribution in [-0.4, -0.2) is 43.1 Å². The Hall–Kier alpha value is -1.74. The SMILES string of the molecule is Cc1cc(OCC2(O)CCCN(S(=O)(=O)c3cc(F)cc(F)c3)CC2)cc(C)c1Cl. The Balaban J connectivity index is 1.70. The summed E-state index contributed by atoms with van der Waals surface area (Å²) in [5.41, 5.74) is 0.497. The average molecular weight is 460 g/mol. The third-order valence-corrected chi connectivity index (χ3v) is 7.74. The monoisotopic (exact) mass is 459 g/mol. The lowest BCUT2D eigenvalue weighted by molar-refractivity contribution is -0.0156. The fraction of sp³-hybridized carbons (Fsp3) is 0.429. The maximum absolute atomic E-state index is 13.5. The van der Waals surface area contributed by atoms with Gasteiger partial charge in [0, 0.05) is 24.2 Å². The predicted octanol–water partition coefficient (Wildman–Crippen LogP) is 4.22. The van der Waals surface area contributed by atoms with Gasteiger partial charge in [0.1, 0.15) is 24.0 Å². The molecule has 2 aromatic carbocycles. The molecule has 0 bridgehead atoms. The molecule has 164 valence electrons. The summed E-state index contributed by atoms with van der Waals surface area (Å²) < 4.78 is 59.5. The molecule has 3 rings (SSSR count). The maximum atomic E-state index is 13.5. The summed E-state index contributed by atoms with van der Waals surface area (Å²) in [7, 11) is -4.08. The van der Waals surface area contributed by atoms with Gasteiger partial charge in [0.2, 0.25) is 10.0 Å². The Morgan fingerprint density at radius 3 is 2.27 bits per heavy atom. The lowest BCUT2D eigenvalue weighted by atomic mass is 9.96. The summed E-state index contributed by atoms with van der Waals surface area (Å²) in [6, 6.07) is 5.78. The van der Waals surface area contributed by atoms with Crippen molar-refractivity contribution in [1.82, 2.24) is 4.31 Å². The molecule has 0 spiro atoms. The highest BCUT2D eigenvalue weighted by Gasteiger charge is 2.35. The van der Waals surface area contributed by atoms with Gasteiger partial charge in [-0.05, 0) is 68.5 Å². The van der Waals surface area contributed by atoms with E-state index in [2.05, 4.69) is 0 Å². The van der Waals surface area contributed by atoms with Crippen LogP contribution in [0.25, 0.3) is 0 Å². The second-order valence-electron chi connectivity index (χ2n) is 7.75. The number of rotatable bonds is 5. The quantitative estimate of drug-likeness (QED) is 0.727. The minimum Gasteiger partial charge on any atom is -0.491 e. The fourth-order valence-corrected chi connectivity index (χ4v) is 5.20. The van der Waals surface area contributed by atoms with Crippen LogP contribution in [0.2, 0.25) is 5.02 Å². The zero-order valence-corrected chi connectivity index (χ0v) is 18.4. The Bertz CT molecular complexity index is 1000. The maximum Gasteiger partial charge on any atom is 0.243 e. The molecule has 1 unspecified atom stereocenters. The van der Waals surface area contributed by atoms with Gasteiger partial charge < -0.3 is 9.84 Å². The van der Waals surface area contributed by atoms with Crippen LogP contribution in [0.1, 0.15) is 30.4 Å². The predicted molar refractivity (Wildman–Crippen MR) is 110 cm³/mol. The van der Waals surface area contributed by atoms with Crippen LogP contribution >= 0.6 is 11.6 Å². The number of hydrogen-bond donors (Lipinski definition) is 1. The highest BCUT2D eigenvalue weighted by Crippen LogP contribution is 2.30. The molecular formula is C21H24ClF2NO4S. The van der Waals surface area contributed by atoms with E-state index in [9.17, 15) is 22.3 Å². The Kier molecular flexibility index (Phi) is 6.72. The van der Waals surface area contributed by atoms with E-state index in [4.69, 9.17) is 16.3 Å². The third kappa shape index (κ3) is 5.11. The summed E-state index contributed by atoms with van der Waals surface area (Å²) in [5.74, 6) is -1.34. The minimum absolute atomic E-state index is 0.00397. The standard InChI is InChI=1S/C21H24ClF2NO4S/c1-14-8-18(9-15(2)20(14)22)29-13-21(26)4-3-6-25(7-5-21)30(27,28)19-11-16(23)10-17(24)12-19/h8-12,26H,3-7,13H2,1-2H3. The zero-order valence-electron chi connectivity index (χ0n) is 16.8. The minimum atomic E-state index is -4.08. The molecule has 1 saturated heterocycles. The molecule has 0 saturated carbocycles. The van der Waals surface area contributed by atoms with Crippen molar-refractivity contribution in [2.24, 2.45) is 0 Å². The van der Waals surface area contributed by atoms with Crippen molar-refractivity contribution in [3.8, 4) is 5.75 Å². The summed E-state index contributed by atoms with van der Waals surface area (Å²) in [5, 5.41) is 11.6. The number of hydrogen-bond acceptors (Lipinski definition) is 4. The van der Waals surface area contributed by atoms with Crippen molar-refractivity contribution in [3.63, 3.8) is 0 Å². The number of aliphatic hydroxyl groups is 1. The van der Waals surface area contributed by atoms with Crippen molar-refractivity contribution in [3.05, 3.63) is 58.1 Å². The molecule has 30 heavy (non-hydrogen) atoms. The molecule has 5 nitrogen and oxygen atoms in total. The Morgan fingerprint density at radius 1 is 1.07 bits per heavy atom. The second-order valence-corrected chi connectivity index (χ2v) is 10.1. The molecule has 1 heterocycles. The molecule has 1 N–H and O–H groups in total. The van der Waals surface area contributed by atoms with Crippen LogP contribution in [0, 0.1) is 25.5 Å². The summed E-state index contributed by atoms with van der Waals surface area (Å²) >= 11 is 6.16. The average Bonchev–Trinajstić information content (AvgIpc) is 2.86. The van der Waals surface area contributed by atoms with Crippen molar-refractivity contribution >= 4 is 21.6 Å². The van der Waals surface area contributed by atoms with E-state index in [-0.39, 0.29) is 26.1 Å². The Morgan fingerprint density at radius 2 is 1.67 bits per heavy atom. The number of benzene rings is 2. The van der Waals surface area contributed by atoms with E-state index in [0.717, 1.165) is 27.6 Å². The number of ether oxygens (including phenoxy) is 1. The molecule has 0 amide bonds. The summed E-state index contributed by atoms with van der Waals surface area (Å²) in [6.45, 7) is 3.87. The molecule has 0 aromatic heterocycles. The van der Waals surface area contributed by atoms with Gasteiger partial charge in [-0.15, -0.1) is 0 Å². The molecule has 0 aliphatic carbocycles. The molecule has 1 atom stereocenters. The van der Waals surface area contributed by atoms with Gasteiger partial charge in [0.05, 0.1) is 10.5 Å². The van der Waals surface area contributed by atoms with Gasteiger partial charge in [0.15, 0.2) is 0 Å². The number of sulfonamides is 1. The van der Waals surface area contributed by atoms with Gasteiger partial charge in [-0.25, -0.2) is 17.2 Å². The number of halogens is 3. The largest absolute Gasteiger partial charge is 0.491 e. The van der Waals surface area contributed by atoms with E-state index in [1.165, 1.54) is 0 Å². The molecule has 1 aliphatic rings. The van der Waals surface area contributed by atoms with Gasteiger partial charge in [-0.3, -0.25) is 0 Å². The van der Waals surface area contributed by atoms with Crippen LogP contribution < -0.4 is 4.74 Å². The van der Waals surface area contributed by atoms with Gasteiger partial charge >= 0.3 is 0 Å². The van der Waals surface area contributed by atoms with E-state index in [0.29, 0.717) is 29.7 Å². The first kappa shape index (κ1) is 22.9. The van der Waals surface area contributed by atoms with Gasteiger partial charge in [0.25, 0.3) is 0 Å². The van der Waals surface area contributed by atoms with Crippen LogP contribution in [0.15, 0.2) is 35.2 Å². The van der Waals surface area contributed by atoms with Crippen LogP contribution in [0.5, 0.6) is 5.75 Å². The van der Waals surface area contributed by atoms with E-state index < -0.39 is 32.2 Å². The highest BCUT2D eigenvalue weighted by molar-refractivity contribution is 7.89. The molecule has 2 aromatic rings. The van der Waals surface area contributed by atoms with Crippen molar-refractivity contribution in [2.75, 3.05) is 19.7 Å². The van der Waals surface area contributed by atoms with E-state index in [1.54, 1.807) is 12.1 Å². The number of nitrogens with zero attached hydrogens (tertiary/aromatic N) is 1. The highest BCUT2D eigenvalue weighted by atomic mass is 35.5. The van der Waals surface area contributed by atoms with Gasteiger partial charge in [-0.1, -0.05) is 11.6 Å². The molecule has 9 heteroatoms. The fourth-order valence-electron chi connectivity index (χ4n) is 3.57. The first-order chi connectivity index (χ1) is 14.0. The van der Waals surface area contributed by atoms with Crippen LogP contribution in [0.3, 0.4) is 0 Å². The van der Waals surface area contributed by atoms with E-state index in [1.807, 2.05) is 13.8 Å². The van der Waals surface area contributed by atoms with Crippen molar-refractivity contribution in [1.29, 1.82) is 0 Å². The molecule has 1 aliphatic heterocycles. The van der Waals surface area contributed by atoms with Crippen LogP contribution in [0.4, 0.5) is 8.78 Å². The molecule has 1 fully saturated rings. The van der Waals surface area contributed by atoms with Crippen molar-refractivity contribution < 1.29 is 27.0 Å². The van der Waals surface area contributed by atoms with Gasteiger partial charge in [-0.2, -0.15) is 4.31 Å². The Labute approximate surface area is 180 Å². The van der Waals surface area contributed by atoms with Crippen molar-refractivity contribution in [2.45, 2.75) is 43.6 Å². The second kappa shape index (κ2) is 8.78.